The lowest BCUT2D eigenvalue weighted by atomic mass is 9.88. The Morgan fingerprint density at radius 3 is 2.50 bits per heavy atom. The summed E-state index contributed by atoms with van der Waals surface area (Å²) in [5, 5.41) is 11.2. The summed E-state index contributed by atoms with van der Waals surface area (Å²) in [6.45, 7) is 8.44. The van der Waals surface area contributed by atoms with Crippen LogP contribution in [0.15, 0.2) is 24.3 Å². The molecule has 1 aromatic heterocycles. The fourth-order valence-corrected chi connectivity index (χ4v) is 6.03. The zero-order valence-corrected chi connectivity index (χ0v) is 22.7. The molecule has 202 valence electrons. The molecule has 3 aliphatic heterocycles. The number of carbonyl (C=O) groups excluding carboxylic acids is 2. The number of fused-ring (bicyclic) bond motifs is 1. The molecule has 0 aliphatic carbocycles. The van der Waals surface area contributed by atoms with Gasteiger partial charge in [0.25, 0.3) is 5.91 Å². The Morgan fingerprint density at radius 1 is 1.13 bits per heavy atom. The van der Waals surface area contributed by atoms with Crippen LogP contribution < -0.4 is 9.80 Å². The van der Waals surface area contributed by atoms with Crippen LogP contribution in [-0.2, 0) is 22.6 Å². The van der Waals surface area contributed by atoms with Crippen molar-refractivity contribution < 1.29 is 19.5 Å². The second kappa shape index (κ2) is 10.1. The molecule has 2 saturated heterocycles. The average molecular weight is 541 g/mol. The van der Waals surface area contributed by atoms with Gasteiger partial charge in [0, 0.05) is 62.7 Å². The molecule has 2 fully saturated rings. The topological polar surface area (TPSA) is 110 Å². The average Bonchev–Trinajstić information content (AvgIpc) is 3.45. The van der Waals surface area contributed by atoms with E-state index in [2.05, 4.69) is 0 Å². The first-order chi connectivity index (χ1) is 18.1. The minimum absolute atomic E-state index is 0.0206. The third kappa shape index (κ3) is 4.55. The molecule has 2 aromatic rings. The van der Waals surface area contributed by atoms with E-state index < -0.39 is 11.5 Å². The van der Waals surface area contributed by atoms with Gasteiger partial charge in [0.2, 0.25) is 11.9 Å². The molecule has 0 radical (unpaired) electrons. The Morgan fingerprint density at radius 2 is 1.87 bits per heavy atom. The standard InChI is InChI=1S/C27H33ClN6O4/c1-17(2)33-16-21-22(24(33)36)29-26(32-12-10-31(11-13-32)18(3)35)30-23(21)34-9-5-8-27(34,25(37)38)15-19-6-4-7-20(28)14-19/h4,6-7,14,17H,5,8-13,15-16H2,1-3H3,(H,37,38)/t27-/m0/s1. The molecule has 0 spiro atoms. The van der Waals surface area contributed by atoms with Crippen molar-refractivity contribution >= 4 is 41.2 Å². The number of halogens is 1. The van der Waals surface area contributed by atoms with Crippen LogP contribution in [0.2, 0.25) is 5.02 Å². The third-order valence-corrected chi connectivity index (χ3v) is 8.16. The summed E-state index contributed by atoms with van der Waals surface area (Å²) in [6.07, 6.45) is 1.39. The molecule has 1 aromatic carbocycles. The molecule has 0 unspecified atom stereocenters. The lowest BCUT2D eigenvalue weighted by Crippen LogP contribution is -2.53. The van der Waals surface area contributed by atoms with Crippen LogP contribution in [-0.4, -0.2) is 87.0 Å². The van der Waals surface area contributed by atoms with Gasteiger partial charge in [0.05, 0.1) is 6.54 Å². The quantitative estimate of drug-likeness (QED) is 0.595. The molecular weight excluding hydrogens is 508 g/mol. The number of hydrogen-bond acceptors (Lipinski definition) is 7. The predicted molar refractivity (Wildman–Crippen MR) is 144 cm³/mol. The van der Waals surface area contributed by atoms with E-state index in [0.29, 0.717) is 80.2 Å². The summed E-state index contributed by atoms with van der Waals surface area (Å²) in [6, 6.07) is 7.25. The number of anilines is 2. The number of piperazine rings is 1. The van der Waals surface area contributed by atoms with Gasteiger partial charge in [-0.2, -0.15) is 4.98 Å². The van der Waals surface area contributed by atoms with Crippen LogP contribution in [0.5, 0.6) is 0 Å². The highest BCUT2D eigenvalue weighted by atomic mass is 35.5. The van der Waals surface area contributed by atoms with Gasteiger partial charge in [-0.3, -0.25) is 9.59 Å². The van der Waals surface area contributed by atoms with Crippen molar-refractivity contribution in [2.24, 2.45) is 0 Å². The Kier molecular flexibility index (Phi) is 6.94. The summed E-state index contributed by atoms with van der Waals surface area (Å²) in [4.78, 5) is 55.3. The van der Waals surface area contributed by atoms with Crippen molar-refractivity contribution in [1.82, 2.24) is 19.8 Å². The zero-order chi connectivity index (χ0) is 27.2. The fraction of sp³-hybridized carbons (Fsp3) is 0.519. The van der Waals surface area contributed by atoms with E-state index in [4.69, 9.17) is 21.6 Å². The SMILES string of the molecule is CC(=O)N1CCN(c2nc3c(c(N4CCC[C@]4(Cc4cccc(Cl)c4)C(=O)O)n2)CN(C(C)C)C3=O)CC1. The maximum absolute atomic E-state index is 13.4. The lowest BCUT2D eigenvalue weighted by Gasteiger charge is -2.38. The van der Waals surface area contributed by atoms with E-state index in [-0.39, 0.29) is 24.3 Å². The number of carboxylic acid groups (broad SMARTS) is 1. The van der Waals surface area contributed by atoms with Crippen LogP contribution in [0.1, 0.15) is 55.2 Å². The van der Waals surface area contributed by atoms with Gasteiger partial charge in [-0.1, -0.05) is 23.7 Å². The number of hydrogen-bond donors (Lipinski definition) is 1. The highest BCUT2D eigenvalue weighted by molar-refractivity contribution is 6.30. The minimum Gasteiger partial charge on any atom is -0.479 e. The van der Waals surface area contributed by atoms with Gasteiger partial charge in [-0.15, -0.1) is 0 Å². The van der Waals surface area contributed by atoms with E-state index in [1.807, 2.05) is 35.8 Å². The molecule has 0 saturated carbocycles. The number of carbonyl (C=O) groups is 3. The van der Waals surface area contributed by atoms with Gasteiger partial charge in [0.15, 0.2) is 0 Å². The smallest absolute Gasteiger partial charge is 0.329 e. The minimum atomic E-state index is -1.23. The first kappa shape index (κ1) is 26.2. The Hall–Kier alpha value is -3.40. The van der Waals surface area contributed by atoms with Crippen molar-refractivity contribution in [3.8, 4) is 0 Å². The predicted octanol–water partition coefficient (Wildman–Crippen LogP) is 2.83. The molecule has 11 heteroatoms. The van der Waals surface area contributed by atoms with Crippen LogP contribution in [0.4, 0.5) is 11.8 Å². The van der Waals surface area contributed by atoms with Crippen LogP contribution >= 0.6 is 11.6 Å². The van der Waals surface area contributed by atoms with Gasteiger partial charge < -0.3 is 24.7 Å². The number of rotatable bonds is 6. The highest BCUT2D eigenvalue weighted by Crippen LogP contribution is 2.41. The summed E-state index contributed by atoms with van der Waals surface area (Å²) >= 11 is 6.23. The zero-order valence-electron chi connectivity index (χ0n) is 22.0. The Labute approximate surface area is 227 Å². The van der Waals surface area contributed by atoms with Gasteiger partial charge in [-0.05, 0) is 44.4 Å². The molecule has 5 rings (SSSR count). The third-order valence-electron chi connectivity index (χ3n) is 7.92. The largest absolute Gasteiger partial charge is 0.479 e. The summed E-state index contributed by atoms with van der Waals surface area (Å²) in [5.41, 5.74) is 0.610. The summed E-state index contributed by atoms with van der Waals surface area (Å²) in [5.74, 6) is -0.166. The van der Waals surface area contributed by atoms with Crippen LogP contribution in [0.3, 0.4) is 0 Å². The molecule has 2 amide bonds. The Bertz CT molecular complexity index is 1280. The van der Waals surface area contributed by atoms with E-state index in [9.17, 15) is 19.5 Å². The van der Waals surface area contributed by atoms with Gasteiger partial charge >= 0.3 is 5.97 Å². The second-order valence-electron chi connectivity index (χ2n) is 10.6. The summed E-state index contributed by atoms with van der Waals surface area (Å²) in [7, 11) is 0. The molecule has 3 aliphatic rings. The van der Waals surface area contributed by atoms with Gasteiger partial charge in [0.1, 0.15) is 17.1 Å². The van der Waals surface area contributed by atoms with Crippen molar-refractivity contribution in [1.29, 1.82) is 0 Å². The maximum atomic E-state index is 13.4. The molecule has 38 heavy (non-hydrogen) atoms. The van der Waals surface area contributed by atoms with E-state index in [1.54, 1.807) is 28.9 Å². The van der Waals surface area contributed by atoms with Crippen molar-refractivity contribution in [3.63, 3.8) is 0 Å². The number of aromatic nitrogens is 2. The number of benzene rings is 1. The van der Waals surface area contributed by atoms with Crippen molar-refractivity contribution in [2.75, 3.05) is 42.5 Å². The second-order valence-corrected chi connectivity index (χ2v) is 11.0. The monoisotopic (exact) mass is 540 g/mol. The molecule has 1 N–H and O–H groups in total. The summed E-state index contributed by atoms with van der Waals surface area (Å²) < 4.78 is 0. The van der Waals surface area contributed by atoms with E-state index in [0.717, 1.165) is 5.56 Å². The van der Waals surface area contributed by atoms with E-state index >= 15 is 0 Å². The molecular formula is C27H33ClN6O4. The van der Waals surface area contributed by atoms with Crippen molar-refractivity contribution in [3.05, 3.63) is 46.1 Å². The Balaban J connectivity index is 1.59. The van der Waals surface area contributed by atoms with Crippen LogP contribution in [0, 0.1) is 0 Å². The maximum Gasteiger partial charge on any atom is 0.329 e. The first-order valence-electron chi connectivity index (χ1n) is 13.1. The molecule has 10 nitrogen and oxygen atoms in total. The van der Waals surface area contributed by atoms with Crippen LogP contribution in [0.25, 0.3) is 0 Å². The fourth-order valence-electron chi connectivity index (χ4n) is 5.82. The highest BCUT2D eigenvalue weighted by Gasteiger charge is 2.50. The lowest BCUT2D eigenvalue weighted by molar-refractivity contribution is -0.143. The van der Waals surface area contributed by atoms with E-state index in [1.165, 1.54) is 0 Å². The first-order valence-corrected chi connectivity index (χ1v) is 13.5. The molecule has 1 atom stereocenters. The van der Waals surface area contributed by atoms with Crippen molar-refractivity contribution in [2.45, 2.75) is 58.2 Å². The molecule has 4 heterocycles. The normalized spacial score (nSPS) is 21.4. The number of aliphatic carboxylic acids is 1. The number of carboxylic acids is 1. The number of nitrogens with zero attached hydrogens (tertiary/aromatic N) is 6. The van der Waals surface area contributed by atoms with Gasteiger partial charge in [-0.25, -0.2) is 9.78 Å². The number of amides is 2. The molecule has 0 bridgehead atoms.